The predicted octanol–water partition coefficient (Wildman–Crippen LogP) is 2.48. The summed E-state index contributed by atoms with van der Waals surface area (Å²) in [6.07, 6.45) is 0. The fourth-order valence-corrected chi connectivity index (χ4v) is 1.79. The quantitative estimate of drug-likeness (QED) is 0.822. The molecule has 0 aliphatic heterocycles. The van der Waals surface area contributed by atoms with Crippen LogP contribution in [0.2, 0.25) is 0 Å². The lowest BCUT2D eigenvalue weighted by atomic mass is 10.1. The number of nitrogens with one attached hydrogen (secondary N) is 1. The zero-order chi connectivity index (χ0) is 11.9. The summed E-state index contributed by atoms with van der Waals surface area (Å²) in [5.41, 5.74) is 8.56. The second-order valence-electron chi connectivity index (χ2n) is 4.13. The summed E-state index contributed by atoms with van der Waals surface area (Å²) in [6.45, 7) is 1.65. The zero-order valence-corrected chi connectivity index (χ0v) is 9.84. The Bertz CT molecular complexity index is 425. The van der Waals surface area contributed by atoms with Gasteiger partial charge in [0.05, 0.1) is 0 Å². The van der Waals surface area contributed by atoms with Crippen molar-refractivity contribution in [3.05, 3.63) is 71.8 Å². The van der Waals surface area contributed by atoms with Crippen LogP contribution in [-0.4, -0.2) is 6.54 Å². The van der Waals surface area contributed by atoms with Crippen molar-refractivity contribution in [2.45, 2.75) is 12.6 Å². The molecular formula is C15H18N2. The molecule has 3 N–H and O–H groups in total. The van der Waals surface area contributed by atoms with Gasteiger partial charge in [0.2, 0.25) is 0 Å². The third-order valence-electron chi connectivity index (χ3n) is 2.76. The Balaban J connectivity index is 1.79. The van der Waals surface area contributed by atoms with Crippen molar-refractivity contribution in [2.24, 2.45) is 5.73 Å². The minimum absolute atomic E-state index is 0.0555. The molecule has 0 radical (unpaired) electrons. The first-order valence-electron chi connectivity index (χ1n) is 5.91. The molecule has 0 aliphatic carbocycles. The van der Waals surface area contributed by atoms with Crippen LogP contribution >= 0.6 is 0 Å². The summed E-state index contributed by atoms with van der Waals surface area (Å²) in [6, 6.07) is 20.6. The van der Waals surface area contributed by atoms with Gasteiger partial charge in [-0.3, -0.25) is 0 Å². The number of hydrogen-bond donors (Lipinski definition) is 2. The molecule has 0 saturated heterocycles. The monoisotopic (exact) mass is 226 g/mol. The fourth-order valence-electron chi connectivity index (χ4n) is 1.79. The Morgan fingerprint density at radius 2 is 1.47 bits per heavy atom. The van der Waals surface area contributed by atoms with Gasteiger partial charge in [-0.25, -0.2) is 0 Å². The number of rotatable bonds is 5. The van der Waals surface area contributed by atoms with Gasteiger partial charge in [0, 0.05) is 19.1 Å². The summed E-state index contributed by atoms with van der Waals surface area (Å²) >= 11 is 0. The Hall–Kier alpha value is -1.64. The maximum absolute atomic E-state index is 6.10. The normalized spacial score (nSPS) is 12.3. The van der Waals surface area contributed by atoms with E-state index in [9.17, 15) is 0 Å². The molecule has 0 amide bonds. The molecule has 2 aromatic rings. The van der Waals surface area contributed by atoms with Gasteiger partial charge in [-0.15, -0.1) is 0 Å². The van der Waals surface area contributed by atoms with E-state index in [1.165, 1.54) is 11.1 Å². The predicted molar refractivity (Wildman–Crippen MR) is 71.5 cm³/mol. The van der Waals surface area contributed by atoms with Gasteiger partial charge in [-0.05, 0) is 11.1 Å². The van der Waals surface area contributed by atoms with Gasteiger partial charge in [-0.1, -0.05) is 60.7 Å². The number of hydrogen-bond acceptors (Lipinski definition) is 2. The summed E-state index contributed by atoms with van der Waals surface area (Å²) in [5.74, 6) is 0. The van der Waals surface area contributed by atoms with Crippen LogP contribution < -0.4 is 11.1 Å². The fraction of sp³-hybridized carbons (Fsp3) is 0.200. The lowest BCUT2D eigenvalue weighted by molar-refractivity contribution is 0.598. The molecule has 1 unspecified atom stereocenters. The minimum Gasteiger partial charge on any atom is -0.323 e. The van der Waals surface area contributed by atoms with Crippen LogP contribution in [0.5, 0.6) is 0 Å². The van der Waals surface area contributed by atoms with Gasteiger partial charge >= 0.3 is 0 Å². The molecule has 0 saturated carbocycles. The van der Waals surface area contributed by atoms with Crippen LogP contribution in [0.25, 0.3) is 0 Å². The van der Waals surface area contributed by atoms with Gasteiger partial charge in [0.1, 0.15) is 0 Å². The Kier molecular flexibility index (Phi) is 4.30. The highest BCUT2D eigenvalue weighted by atomic mass is 14.9. The topological polar surface area (TPSA) is 38.0 Å². The van der Waals surface area contributed by atoms with E-state index in [2.05, 4.69) is 29.6 Å². The lowest BCUT2D eigenvalue weighted by Crippen LogP contribution is -2.26. The molecule has 2 heteroatoms. The third kappa shape index (κ3) is 3.70. The third-order valence-corrected chi connectivity index (χ3v) is 2.76. The molecule has 88 valence electrons. The highest BCUT2D eigenvalue weighted by Gasteiger charge is 2.03. The second kappa shape index (κ2) is 6.18. The van der Waals surface area contributed by atoms with Crippen LogP contribution in [0, 0.1) is 0 Å². The smallest absolute Gasteiger partial charge is 0.0421 e. The van der Waals surface area contributed by atoms with Crippen LogP contribution in [0.15, 0.2) is 60.7 Å². The van der Waals surface area contributed by atoms with Crippen LogP contribution in [0.3, 0.4) is 0 Å². The molecular weight excluding hydrogens is 208 g/mol. The molecule has 17 heavy (non-hydrogen) atoms. The van der Waals surface area contributed by atoms with Crippen molar-refractivity contribution < 1.29 is 0 Å². The highest BCUT2D eigenvalue weighted by molar-refractivity contribution is 5.19. The average Bonchev–Trinajstić information content (AvgIpc) is 2.41. The van der Waals surface area contributed by atoms with E-state index in [-0.39, 0.29) is 6.04 Å². The van der Waals surface area contributed by atoms with Crippen molar-refractivity contribution in [1.29, 1.82) is 0 Å². The number of nitrogens with two attached hydrogens (primary N) is 1. The van der Waals surface area contributed by atoms with Crippen molar-refractivity contribution in [2.75, 3.05) is 6.54 Å². The molecule has 1 atom stereocenters. The summed E-state index contributed by atoms with van der Waals surface area (Å²) in [5, 5.41) is 3.37. The van der Waals surface area contributed by atoms with Gasteiger partial charge in [0.15, 0.2) is 0 Å². The lowest BCUT2D eigenvalue weighted by Gasteiger charge is -2.13. The average molecular weight is 226 g/mol. The number of benzene rings is 2. The van der Waals surface area contributed by atoms with E-state index in [0.717, 1.165) is 13.1 Å². The Morgan fingerprint density at radius 3 is 2.12 bits per heavy atom. The van der Waals surface area contributed by atoms with Crippen LogP contribution in [-0.2, 0) is 6.54 Å². The zero-order valence-electron chi connectivity index (χ0n) is 9.84. The van der Waals surface area contributed by atoms with E-state index in [4.69, 9.17) is 5.73 Å². The summed E-state index contributed by atoms with van der Waals surface area (Å²) in [4.78, 5) is 0. The van der Waals surface area contributed by atoms with Crippen LogP contribution in [0.4, 0.5) is 0 Å². The molecule has 2 rings (SSSR count). The van der Waals surface area contributed by atoms with E-state index in [0.29, 0.717) is 0 Å². The summed E-state index contributed by atoms with van der Waals surface area (Å²) in [7, 11) is 0. The molecule has 0 aliphatic rings. The van der Waals surface area contributed by atoms with Gasteiger partial charge in [-0.2, -0.15) is 0 Å². The largest absolute Gasteiger partial charge is 0.323 e. The van der Waals surface area contributed by atoms with E-state index < -0.39 is 0 Å². The SMILES string of the molecule is NC(CNCc1ccccc1)c1ccccc1. The second-order valence-corrected chi connectivity index (χ2v) is 4.13. The molecule has 2 aromatic carbocycles. The molecule has 0 heterocycles. The first kappa shape index (κ1) is 11.8. The maximum atomic E-state index is 6.10. The van der Waals surface area contributed by atoms with Crippen molar-refractivity contribution in [1.82, 2.24) is 5.32 Å². The molecule has 0 fully saturated rings. The van der Waals surface area contributed by atoms with Gasteiger partial charge in [0.25, 0.3) is 0 Å². The van der Waals surface area contributed by atoms with E-state index >= 15 is 0 Å². The molecule has 0 bridgehead atoms. The minimum atomic E-state index is 0.0555. The Labute approximate surface area is 102 Å². The van der Waals surface area contributed by atoms with Crippen molar-refractivity contribution in [3.63, 3.8) is 0 Å². The molecule has 2 nitrogen and oxygen atoms in total. The first-order chi connectivity index (χ1) is 8.36. The van der Waals surface area contributed by atoms with Gasteiger partial charge < -0.3 is 11.1 Å². The maximum Gasteiger partial charge on any atom is 0.0421 e. The van der Waals surface area contributed by atoms with Crippen LogP contribution in [0.1, 0.15) is 17.2 Å². The highest BCUT2D eigenvalue weighted by Crippen LogP contribution is 2.08. The standard InChI is InChI=1S/C15H18N2/c16-15(14-9-5-2-6-10-14)12-17-11-13-7-3-1-4-8-13/h1-10,15,17H,11-12,16H2. The Morgan fingerprint density at radius 1 is 0.882 bits per heavy atom. The van der Waals surface area contributed by atoms with Crippen molar-refractivity contribution in [3.8, 4) is 0 Å². The molecule has 0 aromatic heterocycles. The summed E-state index contributed by atoms with van der Waals surface area (Å²) < 4.78 is 0. The van der Waals surface area contributed by atoms with Crippen molar-refractivity contribution >= 4 is 0 Å². The molecule has 0 spiro atoms. The van der Waals surface area contributed by atoms with E-state index in [1.54, 1.807) is 0 Å². The first-order valence-corrected chi connectivity index (χ1v) is 5.91. The van der Waals surface area contributed by atoms with E-state index in [1.807, 2.05) is 36.4 Å².